The highest BCUT2D eigenvalue weighted by Gasteiger charge is 2.23. The van der Waals surface area contributed by atoms with E-state index in [2.05, 4.69) is 15.8 Å². The molecule has 1 amide bonds. The number of amidine groups is 1. The molecule has 0 fully saturated rings. The number of nitrogens with one attached hydrogen (secondary N) is 3. The SMILES string of the molecule is CCCCS(=O)(=O)c1cc(N)cc(-c2onc(NC(C)C)c(=O)c2CC(=O)NCc2ccc(C(=N)N)cc2)c1. The van der Waals surface area contributed by atoms with Crippen molar-refractivity contribution in [3.8, 4) is 11.3 Å². The minimum Gasteiger partial charge on any atom is -0.399 e. The molecule has 0 radical (unpaired) electrons. The highest BCUT2D eigenvalue weighted by Crippen LogP contribution is 2.29. The second kappa shape index (κ2) is 12.6. The highest BCUT2D eigenvalue weighted by atomic mass is 32.2. The quantitative estimate of drug-likeness (QED) is 0.127. The van der Waals surface area contributed by atoms with Crippen molar-refractivity contribution in [3.63, 3.8) is 0 Å². The molecule has 208 valence electrons. The van der Waals surface area contributed by atoms with E-state index in [1.165, 1.54) is 18.2 Å². The lowest BCUT2D eigenvalue weighted by Gasteiger charge is -2.13. The minimum absolute atomic E-state index is 0.00221. The second-order valence-electron chi connectivity index (χ2n) is 9.49. The van der Waals surface area contributed by atoms with E-state index < -0.39 is 21.2 Å². The van der Waals surface area contributed by atoms with Crippen molar-refractivity contribution in [2.45, 2.75) is 57.5 Å². The largest absolute Gasteiger partial charge is 0.399 e. The van der Waals surface area contributed by atoms with Crippen molar-refractivity contribution in [1.29, 1.82) is 5.41 Å². The van der Waals surface area contributed by atoms with Crippen LogP contribution in [0.5, 0.6) is 0 Å². The number of unbranched alkanes of at least 4 members (excludes halogenated alkanes) is 1. The number of nitrogen functional groups attached to an aromatic ring is 2. The van der Waals surface area contributed by atoms with E-state index in [-0.39, 0.29) is 63.9 Å². The molecule has 0 aliphatic heterocycles. The van der Waals surface area contributed by atoms with Gasteiger partial charge in [-0.25, -0.2) is 8.42 Å². The van der Waals surface area contributed by atoms with Gasteiger partial charge in [-0.05, 0) is 44.0 Å². The van der Waals surface area contributed by atoms with Gasteiger partial charge in [0.25, 0.3) is 0 Å². The minimum atomic E-state index is -3.63. The molecule has 11 nitrogen and oxygen atoms in total. The molecule has 7 N–H and O–H groups in total. The van der Waals surface area contributed by atoms with Crippen molar-refractivity contribution in [1.82, 2.24) is 10.5 Å². The van der Waals surface area contributed by atoms with Crippen LogP contribution in [0.1, 0.15) is 50.3 Å². The first-order valence-electron chi connectivity index (χ1n) is 12.5. The molecule has 1 aromatic heterocycles. The van der Waals surface area contributed by atoms with Crippen molar-refractivity contribution in [3.05, 3.63) is 69.4 Å². The number of nitrogens with zero attached hydrogens (tertiary/aromatic N) is 1. The standard InChI is InChI=1S/C27H34N6O5S/c1-4-5-10-39(36,37)21-12-19(11-20(28)13-21)25-22(24(35)27(33-38-25)32-16(2)3)14-23(34)31-15-17-6-8-18(9-7-17)26(29)30/h6-9,11-13,16H,4-5,10,14-15,28H2,1-3H3,(H3,29,30)(H,31,34)(H,32,33). The fourth-order valence-corrected chi connectivity index (χ4v) is 5.32. The zero-order valence-corrected chi connectivity index (χ0v) is 23.0. The first-order chi connectivity index (χ1) is 18.4. The van der Waals surface area contributed by atoms with Gasteiger partial charge in [-0.1, -0.05) is 42.8 Å². The van der Waals surface area contributed by atoms with Crippen LogP contribution in [0.25, 0.3) is 11.3 Å². The van der Waals surface area contributed by atoms with Crippen LogP contribution in [0.4, 0.5) is 11.5 Å². The van der Waals surface area contributed by atoms with E-state index in [0.717, 1.165) is 5.56 Å². The van der Waals surface area contributed by atoms with Crippen LogP contribution < -0.4 is 27.5 Å². The molecule has 3 rings (SSSR count). The van der Waals surface area contributed by atoms with Crippen LogP contribution in [0.3, 0.4) is 0 Å². The molecule has 0 bridgehead atoms. The Labute approximate surface area is 227 Å². The van der Waals surface area contributed by atoms with Crippen LogP contribution >= 0.6 is 0 Å². The molecule has 2 aromatic carbocycles. The molecule has 1 heterocycles. The van der Waals surface area contributed by atoms with Gasteiger partial charge in [-0.15, -0.1) is 0 Å². The third kappa shape index (κ3) is 7.66. The summed E-state index contributed by atoms with van der Waals surface area (Å²) in [6.45, 7) is 5.72. The van der Waals surface area contributed by atoms with E-state index in [9.17, 15) is 18.0 Å². The number of sulfone groups is 1. The van der Waals surface area contributed by atoms with Crippen LogP contribution in [-0.4, -0.2) is 37.1 Å². The maximum atomic E-state index is 13.4. The molecule has 0 saturated heterocycles. The topological polar surface area (TPSA) is 194 Å². The summed E-state index contributed by atoms with van der Waals surface area (Å²) in [7, 11) is -3.63. The van der Waals surface area contributed by atoms with Gasteiger partial charge in [0.15, 0.2) is 15.6 Å². The molecule has 0 aliphatic rings. The lowest BCUT2D eigenvalue weighted by atomic mass is 10.0. The maximum absolute atomic E-state index is 13.4. The number of anilines is 2. The van der Waals surface area contributed by atoms with Crippen LogP contribution in [0.15, 0.2) is 56.7 Å². The number of benzene rings is 2. The summed E-state index contributed by atoms with van der Waals surface area (Å²) in [5.74, 6) is -0.656. The molecule has 0 aliphatic carbocycles. The molecule has 3 aromatic rings. The Kier molecular flexibility index (Phi) is 9.47. The molecule has 0 unspecified atom stereocenters. The van der Waals surface area contributed by atoms with E-state index in [4.69, 9.17) is 21.4 Å². The van der Waals surface area contributed by atoms with Crippen LogP contribution in [0, 0.1) is 5.41 Å². The predicted molar refractivity (Wildman–Crippen MR) is 151 cm³/mol. The van der Waals surface area contributed by atoms with Gasteiger partial charge in [0.1, 0.15) is 5.84 Å². The fraction of sp³-hybridized carbons (Fsp3) is 0.333. The summed E-state index contributed by atoms with van der Waals surface area (Å²) in [4.78, 5) is 26.3. The number of amides is 1. The molecule has 12 heteroatoms. The summed E-state index contributed by atoms with van der Waals surface area (Å²) in [6.07, 6.45) is 0.852. The highest BCUT2D eigenvalue weighted by molar-refractivity contribution is 7.91. The van der Waals surface area contributed by atoms with E-state index in [0.29, 0.717) is 18.4 Å². The second-order valence-corrected chi connectivity index (χ2v) is 11.6. The number of rotatable bonds is 12. The molecular weight excluding hydrogens is 520 g/mol. The van der Waals surface area contributed by atoms with Crippen molar-refractivity contribution in [2.75, 3.05) is 16.8 Å². The van der Waals surface area contributed by atoms with Gasteiger partial charge in [0.2, 0.25) is 17.2 Å². The van der Waals surface area contributed by atoms with Gasteiger partial charge in [0.05, 0.1) is 22.6 Å². The zero-order chi connectivity index (χ0) is 28.7. The molecule has 0 atom stereocenters. The number of aromatic nitrogens is 1. The molecule has 39 heavy (non-hydrogen) atoms. The van der Waals surface area contributed by atoms with Gasteiger partial charge < -0.3 is 26.6 Å². The van der Waals surface area contributed by atoms with Crippen LogP contribution in [-0.2, 0) is 27.6 Å². The van der Waals surface area contributed by atoms with Crippen molar-refractivity contribution >= 4 is 33.1 Å². The number of hydrogen-bond acceptors (Lipinski definition) is 9. The maximum Gasteiger partial charge on any atom is 0.231 e. The Balaban J connectivity index is 1.97. The first kappa shape index (κ1) is 29.4. The Morgan fingerprint density at radius 2 is 1.85 bits per heavy atom. The normalized spacial score (nSPS) is 11.4. The van der Waals surface area contributed by atoms with Gasteiger partial charge in [-0.2, -0.15) is 0 Å². The Morgan fingerprint density at radius 1 is 1.15 bits per heavy atom. The monoisotopic (exact) mass is 554 g/mol. The third-order valence-electron chi connectivity index (χ3n) is 5.83. The number of hydrogen-bond donors (Lipinski definition) is 5. The van der Waals surface area contributed by atoms with Gasteiger partial charge >= 0.3 is 0 Å². The molecule has 0 spiro atoms. The van der Waals surface area contributed by atoms with Gasteiger partial charge in [-0.3, -0.25) is 15.0 Å². The lowest BCUT2D eigenvalue weighted by Crippen LogP contribution is -2.29. The number of carbonyl (C=O) groups excluding carboxylic acids is 1. The van der Waals surface area contributed by atoms with Gasteiger partial charge in [0, 0.05) is 29.4 Å². The van der Waals surface area contributed by atoms with E-state index in [1.807, 2.05) is 20.8 Å². The van der Waals surface area contributed by atoms with E-state index >= 15 is 0 Å². The van der Waals surface area contributed by atoms with Crippen molar-refractivity contribution < 1.29 is 17.7 Å². The van der Waals surface area contributed by atoms with Crippen molar-refractivity contribution in [2.24, 2.45) is 5.73 Å². The summed E-state index contributed by atoms with van der Waals surface area (Å²) in [5.41, 5.74) is 12.7. The van der Waals surface area contributed by atoms with E-state index in [1.54, 1.807) is 24.3 Å². The summed E-state index contributed by atoms with van der Waals surface area (Å²) in [5, 5.41) is 17.1. The van der Waals surface area contributed by atoms with Crippen LogP contribution in [0.2, 0.25) is 0 Å². The Morgan fingerprint density at radius 3 is 2.46 bits per heavy atom. The number of nitrogens with two attached hydrogens (primary N) is 2. The first-order valence-corrected chi connectivity index (χ1v) is 14.2. The molecule has 0 saturated carbocycles. The predicted octanol–water partition coefficient (Wildman–Crippen LogP) is 2.82. The number of carbonyl (C=O) groups is 1. The summed E-state index contributed by atoms with van der Waals surface area (Å²) in [6, 6.07) is 10.9. The fourth-order valence-electron chi connectivity index (χ4n) is 3.80. The Hall–Kier alpha value is -4.19. The third-order valence-corrected chi connectivity index (χ3v) is 7.61. The lowest BCUT2D eigenvalue weighted by molar-refractivity contribution is -0.120. The average molecular weight is 555 g/mol. The summed E-state index contributed by atoms with van der Waals surface area (Å²) < 4.78 is 31.3. The summed E-state index contributed by atoms with van der Waals surface area (Å²) >= 11 is 0. The molecular formula is C27H34N6O5S. The zero-order valence-electron chi connectivity index (χ0n) is 22.2. The average Bonchev–Trinajstić information content (AvgIpc) is 2.88. The smallest absolute Gasteiger partial charge is 0.231 e. The Bertz CT molecular complexity index is 1510.